The Morgan fingerprint density at radius 1 is 1.47 bits per heavy atom. The Morgan fingerprint density at radius 2 is 2.20 bits per heavy atom. The minimum atomic E-state index is -3.37. The Balaban J connectivity index is 2.45. The van der Waals surface area contributed by atoms with E-state index in [9.17, 15) is 13.9 Å². The maximum Gasteiger partial charge on any atom is 0.332 e. The molecule has 0 saturated carbocycles. The van der Waals surface area contributed by atoms with Gasteiger partial charge in [-0.15, -0.1) is 0 Å². The van der Waals surface area contributed by atoms with Crippen LogP contribution in [0.5, 0.6) is 0 Å². The number of alkyl halides is 3. The van der Waals surface area contributed by atoms with Gasteiger partial charge in [-0.25, -0.2) is 4.98 Å². The van der Waals surface area contributed by atoms with Crippen LogP contribution in [-0.2, 0) is 0 Å². The van der Waals surface area contributed by atoms with Crippen molar-refractivity contribution >= 4 is 21.6 Å². The summed E-state index contributed by atoms with van der Waals surface area (Å²) in [6.45, 7) is 0. The average molecular weight is 277 g/mol. The molecule has 2 aromatic rings. The van der Waals surface area contributed by atoms with Crippen molar-refractivity contribution in [1.82, 2.24) is 9.38 Å². The maximum atomic E-state index is 12.7. The summed E-state index contributed by atoms with van der Waals surface area (Å²) in [6.07, 6.45) is 1.09. The Kier molecular flexibility index (Phi) is 2.47. The van der Waals surface area contributed by atoms with Crippen LogP contribution in [0.3, 0.4) is 0 Å². The van der Waals surface area contributed by atoms with Crippen LogP contribution in [0.4, 0.5) is 8.78 Å². The van der Waals surface area contributed by atoms with Gasteiger partial charge in [0.1, 0.15) is 5.65 Å². The number of pyridine rings is 1. The number of aromatic nitrogens is 2. The Bertz CT molecular complexity index is 447. The van der Waals surface area contributed by atoms with E-state index in [1.807, 2.05) is 0 Å². The molecule has 1 unspecified atom stereocenters. The Hall–Kier alpha value is -1.01. The number of aliphatic hydroxyl groups is 1. The highest BCUT2D eigenvalue weighted by molar-refractivity contribution is 9.10. The van der Waals surface area contributed by atoms with Crippen LogP contribution in [0, 0.1) is 0 Å². The lowest BCUT2D eigenvalue weighted by atomic mass is 10.3. The normalized spacial score (nSPS) is 14.4. The van der Waals surface area contributed by atoms with Crippen LogP contribution in [0.15, 0.2) is 30.6 Å². The number of nitrogens with zero attached hydrogens (tertiary/aromatic N) is 2. The molecule has 0 saturated heterocycles. The first-order valence-electron chi connectivity index (χ1n) is 4.17. The zero-order valence-corrected chi connectivity index (χ0v) is 9.03. The van der Waals surface area contributed by atoms with Gasteiger partial charge >= 0.3 is 4.83 Å². The highest BCUT2D eigenvalue weighted by Gasteiger charge is 2.37. The summed E-state index contributed by atoms with van der Waals surface area (Å²) < 4.78 is 27.1. The maximum absolute atomic E-state index is 12.7. The van der Waals surface area contributed by atoms with Gasteiger partial charge in [-0.3, -0.25) is 0 Å². The van der Waals surface area contributed by atoms with Crippen LogP contribution in [0.1, 0.15) is 11.8 Å². The van der Waals surface area contributed by atoms with E-state index in [4.69, 9.17) is 0 Å². The number of hydrogen-bond donors (Lipinski definition) is 1. The molecule has 0 aliphatic carbocycles. The molecule has 15 heavy (non-hydrogen) atoms. The molecule has 0 aliphatic heterocycles. The molecule has 2 rings (SSSR count). The molecule has 0 aromatic carbocycles. The van der Waals surface area contributed by atoms with Gasteiger partial charge in [-0.05, 0) is 28.1 Å². The average Bonchev–Trinajstić information content (AvgIpc) is 2.58. The third-order valence-corrected chi connectivity index (χ3v) is 2.41. The number of imidazole rings is 1. The number of aliphatic hydroxyl groups excluding tert-OH is 1. The second kappa shape index (κ2) is 3.53. The number of rotatable bonds is 2. The molecule has 0 aliphatic rings. The molecule has 0 spiro atoms. The molecule has 1 atom stereocenters. The molecule has 0 bridgehead atoms. The lowest BCUT2D eigenvalue weighted by molar-refractivity contribution is -0.0314. The monoisotopic (exact) mass is 276 g/mol. The SMILES string of the molecule is OC(c1cn2ccccc2n1)C(F)(F)Br. The van der Waals surface area contributed by atoms with E-state index in [2.05, 4.69) is 20.9 Å². The zero-order valence-electron chi connectivity index (χ0n) is 7.44. The van der Waals surface area contributed by atoms with Gasteiger partial charge in [0.2, 0.25) is 0 Å². The van der Waals surface area contributed by atoms with Crippen LogP contribution >= 0.6 is 15.9 Å². The second-order valence-corrected chi connectivity index (χ2v) is 4.13. The number of hydrogen-bond acceptors (Lipinski definition) is 2. The first-order valence-corrected chi connectivity index (χ1v) is 4.96. The lowest BCUT2D eigenvalue weighted by Crippen LogP contribution is -2.18. The molecule has 1 N–H and O–H groups in total. The largest absolute Gasteiger partial charge is 0.380 e. The summed E-state index contributed by atoms with van der Waals surface area (Å²) in [7, 11) is 0. The lowest BCUT2D eigenvalue weighted by Gasteiger charge is -2.13. The van der Waals surface area contributed by atoms with Crippen molar-refractivity contribution < 1.29 is 13.9 Å². The molecule has 2 heterocycles. The summed E-state index contributed by atoms with van der Waals surface area (Å²) in [6, 6.07) is 5.16. The highest BCUT2D eigenvalue weighted by atomic mass is 79.9. The smallest absolute Gasteiger partial charge is 0.332 e. The highest BCUT2D eigenvalue weighted by Crippen LogP contribution is 2.35. The first-order chi connectivity index (χ1) is 6.98. The van der Waals surface area contributed by atoms with Crippen molar-refractivity contribution in [1.29, 1.82) is 0 Å². The second-order valence-electron chi connectivity index (χ2n) is 3.08. The van der Waals surface area contributed by atoms with Crippen molar-refractivity contribution in [2.24, 2.45) is 0 Å². The predicted octanol–water partition coefficient (Wildman–Crippen LogP) is 2.36. The van der Waals surface area contributed by atoms with E-state index in [0.717, 1.165) is 0 Å². The van der Waals surface area contributed by atoms with Crippen molar-refractivity contribution in [2.45, 2.75) is 10.9 Å². The van der Waals surface area contributed by atoms with E-state index in [1.165, 1.54) is 6.20 Å². The van der Waals surface area contributed by atoms with Gasteiger partial charge in [-0.2, -0.15) is 8.78 Å². The molecule has 2 aromatic heterocycles. The summed E-state index contributed by atoms with van der Waals surface area (Å²) in [4.78, 5) is 0.512. The number of fused-ring (bicyclic) bond motifs is 1. The first kappa shape index (κ1) is 10.5. The van der Waals surface area contributed by atoms with Crippen LogP contribution < -0.4 is 0 Å². The molecule has 0 amide bonds. The third kappa shape index (κ3) is 2.00. The van der Waals surface area contributed by atoms with Crippen LogP contribution in [0.25, 0.3) is 5.65 Å². The zero-order chi connectivity index (χ0) is 11.1. The molecule has 3 nitrogen and oxygen atoms in total. The van der Waals surface area contributed by atoms with Gasteiger partial charge in [0.25, 0.3) is 0 Å². The van der Waals surface area contributed by atoms with E-state index in [1.54, 1.807) is 28.8 Å². The third-order valence-electron chi connectivity index (χ3n) is 1.97. The van der Waals surface area contributed by atoms with Crippen molar-refractivity contribution in [3.8, 4) is 0 Å². The Labute approximate surface area is 92.5 Å². The predicted molar refractivity (Wildman–Crippen MR) is 54.0 cm³/mol. The minimum Gasteiger partial charge on any atom is -0.380 e. The van der Waals surface area contributed by atoms with E-state index in [0.29, 0.717) is 5.65 Å². The van der Waals surface area contributed by atoms with Gasteiger partial charge < -0.3 is 9.51 Å². The molecule has 80 valence electrons. The summed E-state index contributed by atoms with van der Waals surface area (Å²) in [5.41, 5.74) is 0.450. The van der Waals surface area contributed by atoms with E-state index in [-0.39, 0.29) is 5.69 Å². The molecule has 0 fully saturated rings. The van der Waals surface area contributed by atoms with Gasteiger partial charge in [0, 0.05) is 12.4 Å². The van der Waals surface area contributed by atoms with Crippen molar-refractivity contribution in [3.63, 3.8) is 0 Å². The fraction of sp³-hybridized carbons (Fsp3) is 0.222. The van der Waals surface area contributed by atoms with Crippen molar-refractivity contribution in [2.75, 3.05) is 0 Å². The topological polar surface area (TPSA) is 37.5 Å². The number of halogens is 3. The fourth-order valence-electron chi connectivity index (χ4n) is 1.25. The van der Waals surface area contributed by atoms with Gasteiger partial charge in [0.15, 0.2) is 6.10 Å². The summed E-state index contributed by atoms with van der Waals surface area (Å²) in [5.74, 6) is 0. The van der Waals surface area contributed by atoms with Gasteiger partial charge in [0.05, 0.1) is 5.69 Å². The molecular formula is C9H7BrF2N2O. The molecule has 0 radical (unpaired) electrons. The molecule has 6 heteroatoms. The van der Waals surface area contributed by atoms with Crippen LogP contribution in [0.2, 0.25) is 0 Å². The fourth-order valence-corrected chi connectivity index (χ4v) is 1.49. The molecular weight excluding hydrogens is 270 g/mol. The standard InChI is InChI=1S/C9H7BrF2N2O/c10-9(11,12)8(15)6-5-14-4-2-1-3-7(14)13-6/h1-5,8,15H. The quantitative estimate of drug-likeness (QED) is 0.855. The van der Waals surface area contributed by atoms with E-state index < -0.39 is 10.9 Å². The van der Waals surface area contributed by atoms with Crippen LogP contribution in [-0.4, -0.2) is 19.3 Å². The van der Waals surface area contributed by atoms with Gasteiger partial charge in [-0.1, -0.05) is 6.07 Å². The Morgan fingerprint density at radius 3 is 2.80 bits per heavy atom. The van der Waals surface area contributed by atoms with E-state index >= 15 is 0 Å². The summed E-state index contributed by atoms with van der Waals surface area (Å²) >= 11 is 2.11. The minimum absolute atomic E-state index is 0.0666. The summed E-state index contributed by atoms with van der Waals surface area (Å²) in [5, 5.41) is 9.29. The van der Waals surface area contributed by atoms with Crippen molar-refractivity contribution in [3.05, 3.63) is 36.3 Å².